The maximum atomic E-state index is 12.0. The number of ether oxygens (including phenoxy) is 1. The van der Waals surface area contributed by atoms with Crippen LogP contribution < -0.4 is 10.1 Å². The van der Waals surface area contributed by atoms with Crippen LogP contribution in [0, 0.1) is 3.57 Å². The van der Waals surface area contributed by atoms with E-state index in [4.69, 9.17) is 4.74 Å². The number of carbonyl (C=O) groups is 1. The topological polar surface area (TPSA) is 63.1 Å². The molecule has 1 aliphatic rings. The van der Waals surface area contributed by atoms with Crippen molar-refractivity contribution < 1.29 is 9.53 Å². The van der Waals surface area contributed by atoms with Crippen molar-refractivity contribution in [1.29, 1.82) is 0 Å². The second kappa shape index (κ2) is 8.30. The third kappa shape index (κ3) is 4.93. The highest BCUT2D eigenvalue weighted by Crippen LogP contribution is 2.26. The van der Waals surface area contributed by atoms with E-state index >= 15 is 0 Å². The first-order valence-electron chi connectivity index (χ1n) is 7.35. The molecule has 25 heavy (non-hydrogen) atoms. The number of nitrogens with zero attached hydrogens (tertiary/aromatic N) is 2. The number of carbonyl (C=O) groups excluding carboxylic acids is 1. The minimum Gasteiger partial charge on any atom is -0.497 e. The maximum absolute atomic E-state index is 12.0. The summed E-state index contributed by atoms with van der Waals surface area (Å²) in [5.74, 6) is 0.620. The SMILES string of the molecule is COc1ccc(/C=N\N=C2/NC(=O)/C(=C\c3ccc(I)cc3)S2)cc1. The van der Waals surface area contributed by atoms with Crippen molar-refractivity contribution in [2.24, 2.45) is 10.2 Å². The molecule has 0 aromatic heterocycles. The summed E-state index contributed by atoms with van der Waals surface area (Å²) >= 11 is 3.52. The van der Waals surface area contributed by atoms with Crippen molar-refractivity contribution >= 4 is 57.7 Å². The highest BCUT2D eigenvalue weighted by Gasteiger charge is 2.23. The Labute approximate surface area is 163 Å². The van der Waals surface area contributed by atoms with Gasteiger partial charge in [-0.3, -0.25) is 10.1 Å². The van der Waals surface area contributed by atoms with Gasteiger partial charge in [0.25, 0.3) is 5.91 Å². The molecule has 5 nitrogen and oxygen atoms in total. The van der Waals surface area contributed by atoms with E-state index in [9.17, 15) is 4.79 Å². The highest BCUT2D eigenvalue weighted by atomic mass is 127. The molecule has 1 N–H and O–H groups in total. The van der Waals surface area contributed by atoms with Gasteiger partial charge in [-0.2, -0.15) is 5.10 Å². The number of amides is 1. The molecule has 0 spiro atoms. The summed E-state index contributed by atoms with van der Waals surface area (Å²) in [4.78, 5) is 12.6. The number of halogens is 1. The predicted molar refractivity (Wildman–Crippen MR) is 111 cm³/mol. The lowest BCUT2D eigenvalue weighted by atomic mass is 10.2. The molecule has 126 valence electrons. The summed E-state index contributed by atoms with van der Waals surface area (Å²) in [5, 5.41) is 11.3. The van der Waals surface area contributed by atoms with E-state index in [1.807, 2.05) is 54.6 Å². The van der Waals surface area contributed by atoms with Gasteiger partial charge in [-0.25, -0.2) is 0 Å². The third-order valence-corrected chi connectivity index (χ3v) is 4.91. The van der Waals surface area contributed by atoms with Crippen LogP contribution in [0.1, 0.15) is 11.1 Å². The number of amidine groups is 1. The summed E-state index contributed by atoms with van der Waals surface area (Å²) in [6.07, 6.45) is 3.46. The van der Waals surface area contributed by atoms with E-state index in [-0.39, 0.29) is 5.91 Å². The molecule has 1 aliphatic heterocycles. The minimum absolute atomic E-state index is 0.165. The Morgan fingerprint density at radius 1 is 1.08 bits per heavy atom. The first kappa shape index (κ1) is 17.7. The van der Waals surface area contributed by atoms with Gasteiger partial charge in [0.05, 0.1) is 18.2 Å². The van der Waals surface area contributed by atoms with Crippen molar-refractivity contribution in [2.45, 2.75) is 0 Å². The minimum atomic E-state index is -0.165. The normalized spacial score (nSPS) is 17.4. The quantitative estimate of drug-likeness (QED) is 0.324. The van der Waals surface area contributed by atoms with Crippen LogP contribution in [0.25, 0.3) is 6.08 Å². The van der Waals surface area contributed by atoms with Gasteiger partial charge in [0.15, 0.2) is 5.17 Å². The molecule has 3 rings (SSSR count). The van der Waals surface area contributed by atoms with Gasteiger partial charge < -0.3 is 4.74 Å². The average molecular weight is 463 g/mol. The van der Waals surface area contributed by atoms with Crippen LogP contribution in [0.5, 0.6) is 5.75 Å². The number of nitrogens with one attached hydrogen (secondary N) is 1. The van der Waals surface area contributed by atoms with Gasteiger partial charge in [-0.1, -0.05) is 12.1 Å². The molecule has 1 heterocycles. The van der Waals surface area contributed by atoms with Crippen LogP contribution in [0.2, 0.25) is 0 Å². The highest BCUT2D eigenvalue weighted by molar-refractivity contribution is 14.1. The van der Waals surface area contributed by atoms with Crippen molar-refractivity contribution in [1.82, 2.24) is 5.32 Å². The Morgan fingerprint density at radius 3 is 2.44 bits per heavy atom. The predicted octanol–water partition coefficient (Wildman–Crippen LogP) is 3.89. The van der Waals surface area contributed by atoms with Gasteiger partial charge >= 0.3 is 0 Å². The molecule has 0 saturated carbocycles. The Kier molecular flexibility index (Phi) is 5.87. The van der Waals surface area contributed by atoms with Crippen LogP contribution >= 0.6 is 34.4 Å². The van der Waals surface area contributed by atoms with E-state index in [0.29, 0.717) is 10.1 Å². The molecule has 0 unspecified atom stereocenters. The zero-order valence-corrected chi connectivity index (χ0v) is 16.2. The fourth-order valence-corrected chi connectivity index (χ4v) is 3.16. The molecular weight excluding hydrogens is 449 g/mol. The van der Waals surface area contributed by atoms with E-state index < -0.39 is 0 Å². The molecule has 2 aromatic carbocycles. The molecule has 2 aromatic rings. The molecule has 7 heteroatoms. The molecule has 0 aliphatic carbocycles. The van der Waals surface area contributed by atoms with Crippen molar-refractivity contribution in [3.8, 4) is 5.75 Å². The van der Waals surface area contributed by atoms with Gasteiger partial charge in [0, 0.05) is 3.57 Å². The molecule has 0 radical (unpaired) electrons. The van der Waals surface area contributed by atoms with Crippen LogP contribution in [-0.2, 0) is 4.79 Å². The number of hydrogen-bond donors (Lipinski definition) is 1. The smallest absolute Gasteiger partial charge is 0.264 e. The zero-order valence-electron chi connectivity index (χ0n) is 13.3. The first-order chi connectivity index (χ1) is 12.1. The maximum Gasteiger partial charge on any atom is 0.264 e. The number of rotatable bonds is 4. The van der Waals surface area contributed by atoms with Crippen LogP contribution in [0.15, 0.2) is 63.6 Å². The Bertz CT molecular complexity index is 859. The molecule has 0 bridgehead atoms. The Morgan fingerprint density at radius 2 is 1.76 bits per heavy atom. The number of methoxy groups -OCH3 is 1. The molecule has 1 amide bonds. The molecular formula is C18H14IN3O2S. The van der Waals surface area contributed by atoms with E-state index in [1.54, 1.807) is 13.3 Å². The number of thioether (sulfide) groups is 1. The monoisotopic (exact) mass is 463 g/mol. The average Bonchev–Trinajstić information content (AvgIpc) is 2.97. The van der Waals surface area contributed by atoms with Crippen LogP contribution in [0.4, 0.5) is 0 Å². The standard InChI is InChI=1S/C18H14IN3O2S/c1-24-15-8-4-13(5-9-15)11-20-22-18-21-17(23)16(25-18)10-12-2-6-14(19)7-3-12/h2-11H,1H3,(H,21,22,23)/b16-10+,20-11-. The van der Waals surface area contributed by atoms with E-state index in [0.717, 1.165) is 20.4 Å². The summed E-state index contributed by atoms with van der Waals surface area (Å²) in [6, 6.07) is 15.4. The lowest BCUT2D eigenvalue weighted by Gasteiger charge is -1.98. The second-order valence-electron chi connectivity index (χ2n) is 5.04. The van der Waals surface area contributed by atoms with E-state index in [1.165, 1.54) is 11.8 Å². The Hall–Kier alpha value is -2.13. The Balaban J connectivity index is 1.67. The van der Waals surface area contributed by atoms with Crippen LogP contribution in [0.3, 0.4) is 0 Å². The van der Waals surface area contributed by atoms with Gasteiger partial charge in [0.2, 0.25) is 0 Å². The summed E-state index contributed by atoms with van der Waals surface area (Å²) in [6.45, 7) is 0. The molecule has 1 fully saturated rings. The lowest BCUT2D eigenvalue weighted by Crippen LogP contribution is -2.19. The first-order valence-corrected chi connectivity index (χ1v) is 9.25. The third-order valence-electron chi connectivity index (χ3n) is 3.29. The van der Waals surface area contributed by atoms with E-state index in [2.05, 4.69) is 38.1 Å². The van der Waals surface area contributed by atoms with Gasteiger partial charge in [-0.05, 0) is 88.0 Å². The van der Waals surface area contributed by atoms with Gasteiger partial charge in [0.1, 0.15) is 5.75 Å². The second-order valence-corrected chi connectivity index (χ2v) is 7.32. The van der Waals surface area contributed by atoms with Crippen molar-refractivity contribution in [3.05, 3.63) is 68.1 Å². The number of hydrogen-bond acceptors (Lipinski definition) is 5. The summed E-state index contributed by atoms with van der Waals surface area (Å²) in [7, 11) is 1.62. The summed E-state index contributed by atoms with van der Waals surface area (Å²) < 4.78 is 6.26. The van der Waals surface area contributed by atoms with Crippen LogP contribution in [-0.4, -0.2) is 24.4 Å². The largest absolute Gasteiger partial charge is 0.497 e. The molecule has 1 saturated heterocycles. The van der Waals surface area contributed by atoms with Crippen molar-refractivity contribution in [3.63, 3.8) is 0 Å². The van der Waals surface area contributed by atoms with Crippen molar-refractivity contribution in [2.75, 3.05) is 7.11 Å². The van der Waals surface area contributed by atoms with Gasteiger partial charge in [-0.15, -0.1) is 5.10 Å². The number of benzene rings is 2. The fraction of sp³-hybridized carbons (Fsp3) is 0.0556. The lowest BCUT2D eigenvalue weighted by molar-refractivity contribution is -0.115. The summed E-state index contributed by atoms with van der Waals surface area (Å²) in [5.41, 5.74) is 1.87. The fourth-order valence-electron chi connectivity index (χ4n) is 2.02. The molecule has 0 atom stereocenters. The zero-order chi connectivity index (χ0) is 17.6.